The fourth-order valence-electron chi connectivity index (χ4n) is 8.43. The van der Waals surface area contributed by atoms with Gasteiger partial charge in [-0.3, -0.25) is 19.8 Å². The minimum atomic E-state index is -4.58. The highest BCUT2D eigenvalue weighted by molar-refractivity contribution is 7.83. The van der Waals surface area contributed by atoms with Gasteiger partial charge in [0.1, 0.15) is 22.4 Å². The number of carbonyl (C=O) groups excluding carboxylic acids is 2. The largest absolute Gasteiger partial charge is 0.421 e. The van der Waals surface area contributed by atoms with E-state index < -0.39 is 34.2 Å². The Kier molecular flexibility index (Phi) is 12.5. The third kappa shape index (κ3) is 9.73. The lowest BCUT2D eigenvalue weighted by Crippen LogP contribution is -2.58. The summed E-state index contributed by atoms with van der Waals surface area (Å²) in [7, 11) is -1.54. The van der Waals surface area contributed by atoms with E-state index >= 15 is 0 Å². The van der Waals surface area contributed by atoms with Gasteiger partial charge in [-0.15, -0.1) is 0 Å². The van der Waals surface area contributed by atoms with E-state index in [1.165, 1.54) is 0 Å². The molecule has 2 amide bonds. The number of hydrogen-bond acceptors (Lipinski definition) is 10. The first-order valence-corrected chi connectivity index (χ1v) is 21.2. The second kappa shape index (κ2) is 17.2. The van der Waals surface area contributed by atoms with Crippen molar-refractivity contribution in [2.45, 2.75) is 87.9 Å². The Labute approximate surface area is 338 Å². The number of aryl methyl sites for hydroxylation is 1. The fraction of sp³-hybridized carbons (Fsp3) is 0.550. The summed E-state index contributed by atoms with van der Waals surface area (Å²) in [6, 6.07) is 11.4. The van der Waals surface area contributed by atoms with Gasteiger partial charge >= 0.3 is 6.18 Å². The summed E-state index contributed by atoms with van der Waals surface area (Å²) in [5, 5.41) is 6.02. The van der Waals surface area contributed by atoms with E-state index in [1.807, 2.05) is 39.0 Å². The summed E-state index contributed by atoms with van der Waals surface area (Å²) >= 11 is 6.67. The number of ether oxygens (including phenoxy) is 1. The Balaban J connectivity index is 0.919. The predicted molar refractivity (Wildman–Crippen MR) is 214 cm³/mol. The molecule has 0 aliphatic carbocycles. The molecule has 0 radical (unpaired) electrons. The topological polar surface area (TPSA) is 132 Å². The standard InChI is InChI=1S/C40H50ClF3N8O4S/c1-25-5-4-14-51(22-25)36-32(40(42,43)44)21-45-38(49-36)47-34-10-7-29(19-26(34)2)57(55)46-23-39(3)24-52(17-18-56-39)27-12-15-50(16-13-27)28-6-8-30(33(41)20-28)31-9-11-35(53)48-37(31)54/h6-8,10,19-21,25,27,31,46H,4-5,9,11-18,22-24H2,1-3H3,(H,45,47,49)(H,48,53,54). The van der Waals surface area contributed by atoms with Crippen LogP contribution < -0.4 is 25.2 Å². The van der Waals surface area contributed by atoms with Crippen molar-refractivity contribution in [3.8, 4) is 0 Å². The van der Waals surface area contributed by atoms with Gasteiger partial charge in [0.2, 0.25) is 17.8 Å². The molecule has 4 atom stereocenters. The number of morpholine rings is 1. The Morgan fingerprint density at radius 1 is 1.05 bits per heavy atom. The van der Waals surface area contributed by atoms with Gasteiger partial charge in [-0.05, 0) is 93.3 Å². The van der Waals surface area contributed by atoms with Gasteiger partial charge in [0.05, 0.1) is 23.0 Å². The first-order valence-electron chi connectivity index (χ1n) is 19.6. The van der Waals surface area contributed by atoms with Crippen LogP contribution in [0.3, 0.4) is 0 Å². The highest BCUT2D eigenvalue weighted by atomic mass is 35.5. The van der Waals surface area contributed by atoms with Crippen LogP contribution in [0.2, 0.25) is 5.02 Å². The van der Waals surface area contributed by atoms with E-state index in [1.54, 1.807) is 23.1 Å². The molecule has 4 aliphatic rings. The number of anilines is 4. The lowest BCUT2D eigenvalue weighted by atomic mass is 9.90. The van der Waals surface area contributed by atoms with Crippen molar-refractivity contribution in [3.05, 3.63) is 64.3 Å². The molecular weight excluding hydrogens is 781 g/mol. The molecule has 7 rings (SSSR count). The number of rotatable bonds is 10. The number of benzene rings is 2. The smallest absolute Gasteiger partial charge is 0.371 e. The summed E-state index contributed by atoms with van der Waals surface area (Å²) < 4.78 is 64.6. The second-order valence-electron chi connectivity index (χ2n) is 16.0. The number of piperidine rings is 3. The van der Waals surface area contributed by atoms with E-state index in [0.717, 1.165) is 68.3 Å². The quantitative estimate of drug-likeness (QED) is 0.199. The van der Waals surface area contributed by atoms with E-state index in [-0.39, 0.29) is 29.5 Å². The maximum Gasteiger partial charge on any atom is 0.421 e. The number of hydrogen-bond donors (Lipinski definition) is 3. The minimum absolute atomic E-state index is 0.0639. The predicted octanol–water partition coefficient (Wildman–Crippen LogP) is 6.33. The van der Waals surface area contributed by atoms with Crippen LogP contribution in [0.5, 0.6) is 0 Å². The number of alkyl halides is 3. The average molecular weight is 831 g/mol. The average Bonchev–Trinajstić information content (AvgIpc) is 3.18. The van der Waals surface area contributed by atoms with Gasteiger partial charge in [-0.2, -0.15) is 18.2 Å². The molecule has 0 spiro atoms. The van der Waals surface area contributed by atoms with Crippen molar-refractivity contribution in [2.24, 2.45) is 5.92 Å². The molecule has 1 aromatic heterocycles. The van der Waals surface area contributed by atoms with Crippen LogP contribution in [-0.2, 0) is 31.5 Å². The lowest BCUT2D eigenvalue weighted by Gasteiger charge is -2.46. The summed E-state index contributed by atoms with van der Waals surface area (Å²) in [6.45, 7) is 11.0. The second-order valence-corrected chi connectivity index (χ2v) is 17.7. The first kappa shape index (κ1) is 41.3. The van der Waals surface area contributed by atoms with Crippen molar-refractivity contribution in [2.75, 3.05) is 67.5 Å². The van der Waals surface area contributed by atoms with E-state index in [0.29, 0.717) is 67.3 Å². The Morgan fingerprint density at radius 2 is 1.84 bits per heavy atom. The number of halogens is 4. The fourth-order valence-corrected chi connectivity index (χ4v) is 9.81. The van der Waals surface area contributed by atoms with Gasteiger partial charge in [-0.25, -0.2) is 13.9 Å². The molecular formula is C40H50ClF3N8O4S. The first-order chi connectivity index (χ1) is 27.2. The third-order valence-corrected chi connectivity index (χ3v) is 13.0. The molecule has 0 saturated carbocycles. The Morgan fingerprint density at radius 3 is 2.54 bits per heavy atom. The number of nitrogens with one attached hydrogen (secondary N) is 3. The maximum absolute atomic E-state index is 13.9. The maximum atomic E-state index is 13.9. The zero-order valence-corrected chi connectivity index (χ0v) is 34.0. The van der Waals surface area contributed by atoms with Crippen molar-refractivity contribution < 1.29 is 31.7 Å². The van der Waals surface area contributed by atoms with E-state index in [4.69, 9.17) is 16.3 Å². The number of carbonyl (C=O) groups is 2. The van der Waals surface area contributed by atoms with Gasteiger partial charge in [0.25, 0.3) is 0 Å². The van der Waals surface area contributed by atoms with Crippen LogP contribution in [0.1, 0.15) is 75.0 Å². The molecule has 12 nitrogen and oxygen atoms in total. The van der Waals surface area contributed by atoms with Crippen LogP contribution in [0.25, 0.3) is 0 Å². The SMILES string of the molecule is Cc1cc(S(=O)NCC2(C)CN(C3CCN(c4ccc(C5CCC(=O)NC5=O)c(Cl)c4)CC3)CCO2)ccc1Nc1ncc(C(F)(F)F)c(N2CCCC(C)C2)n1. The molecule has 57 heavy (non-hydrogen) atoms. The molecule has 3 N–H and O–H groups in total. The summed E-state index contributed by atoms with van der Waals surface area (Å²) in [4.78, 5) is 39.4. The van der Waals surface area contributed by atoms with Gasteiger partial charge in [0, 0.05) is 80.9 Å². The molecule has 4 aliphatic heterocycles. The molecule has 5 heterocycles. The number of amides is 2. The lowest BCUT2D eigenvalue weighted by molar-refractivity contribution is -0.138. The zero-order chi connectivity index (χ0) is 40.5. The summed E-state index contributed by atoms with van der Waals surface area (Å²) in [5.41, 5.74) is 1.68. The highest BCUT2D eigenvalue weighted by Crippen LogP contribution is 2.38. The number of nitrogens with zero attached hydrogens (tertiary/aromatic N) is 5. The molecule has 308 valence electrons. The highest BCUT2D eigenvalue weighted by Gasteiger charge is 2.39. The number of aromatic nitrogens is 2. The van der Waals surface area contributed by atoms with Crippen LogP contribution in [0, 0.1) is 12.8 Å². The Bertz CT molecular complexity index is 2000. The van der Waals surface area contributed by atoms with Crippen LogP contribution in [-0.4, -0.2) is 95.0 Å². The Hall–Kier alpha value is -3.83. The molecule has 17 heteroatoms. The van der Waals surface area contributed by atoms with E-state index in [2.05, 4.69) is 35.1 Å². The van der Waals surface area contributed by atoms with Crippen LogP contribution >= 0.6 is 11.6 Å². The van der Waals surface area contributed by atoms with Gasteiger partial charge in [0.15, 0.2) is 0 Å². The zero-order valence-electron chi connectivity index (χ0n) is 32.5. The van der Waals surface area contributed by atoms with Crippen molar-refractivity contribution in [1.82, 2.24) is 24.9 Å². The monoisotopic (exact) mass is 830 g/mol. The molecule has 4 unspecified atom stereocenters. The van der Waals surface area contributed by atoms with Gasteiger partial charge in [-0.1, -0.05) is 24.6 Å². The summed E-state index contributed by atoms with van der Waals surface area (Å²) in [6.07, 6.45) is 0.698. The summed E-state index contributed by atoms with van der Waals surface area (Å²) in [5.74, 6) is -0.762. The molecule has 3 aromatic rings. The minimum Gasteiger partial charge on any atom is -0.371 e. The van der Waals surface area contributed by atoms with E-state index in [9.17, 15) is 27.0 Å². The van der Waals surface area contributed by atoms with Crippen LogP contribution in [0.4, 0.5) is 36.3 Å². The molecule has 4 saturated heterocycles. The number of imide groups is 1. The van der Waals surface area contributed by atoms with Crippen molar-refractivity contribution in [3.63, 3.8) is 0 Å². The van der Waals surface area contributed by atoms with Crippen molar-refractivity contribution in [1.29, 1.82) is 0 Å². The van der Waals surface area contributed by atoms with Crippen LogP contribution in [0.15, 0.2) is 47.5 Å². The third-order valence-electron chi connectivity index (χ3n) is 11.6. The van der Waals surface area contributed by atoms with Gasteiger partial charge < -0.3 is 19.9 Å². The normalized spacial score (nSPS) is 24.7. The molecule has 0 bridgehead atoms. The molecule has 4 fully saturated rings. The van der Waals surface area contributed by atoms with Crippen molar-refractivity contribution >= 4 is 57.5 Å². The molecule has 2 aromatic carbocycles.